The Morgan fingerprint density at radius 1 is 1.00 bits per heavy atom. The molecule has 4 nitrogen and oxygen atoms in total. The van der Waals surface area contributed by atoms with Gasteiger partial charge in [-0.15, -0.1) is 0 Å². The molecule has 0 fully saturated rings. The Hall–Kier alpha value is -3.27. The lowest BCUT2D eigenvalue weighted by molar-refractivity contribution is -0.116. The van der Waals surface area contributed by atoms with Gasteiger partial charge >= 0.3 is 0 Å². The van der Waals surface area contributed by atoms with Crippen LogP contribution in [0.3, 0.4) is 0 Å². The molecule has 3 aromatic rings. The molecule has 126 valence electrons. The lowest BCUT2D eigenvalue weighted by Crippen LogP contribution is -2.19. The summed E-state index contributed by atoms with van der Waals surface area (Å²) in [6.07, 6.45) is 4.85. The van der Waals surface area contributed by atoms with Gasteiger partial charge in [-0.05, 0) is 41.5 Å². The van der Waals surface area contributed by atoms with Crippen LogP contribution in [0.2, 0.25) is 0 Å². The highest BCUT2D eigenvalue weighted by molar-refractivity contribution is 5.91. The maximum atomic E-state index is 11.8. The summed E-state index contributed by atoms with van der Waals surface area (Å²) in [6, 6.07) is 21.2. The van der Waals surface area contributed by atoms with Gasteiger partial charge in [0.05, 0.1) is 12.8 Å². The van der Waals surface area contributed by atoms with Crippen molar-refractivity contribution in [2.45, 2.75) is 13.2 Å². The molecule has 0 saturated heterocycles. The van der Waals surface area contributed by atoms with Gasteiger partial charge in [0.15, 0.2) is 0 Å². The summed E-state index contributed by atoms with van der Waals surface area (Å²) in [5.74, 6) is 1.35. The number of carbonyl (C=O) groups excluding carboxylic acids is 1. The van der Waals surface area contributed by atoms with E-state index in [-0.39, 0.29) is 5.91 Å². The van der Waals surface area contributed by atoms with Gasteiger partial charge in [-0.1, -0.05) is 42.5 Å². The minimum atomic E-state index is -0.166. The molecule has 1 aromatic heterocycles. The molecule has 0 saturated carbocycles. The van der Waals surface area contributed by atoms with E-state index in [4.69, 9.17) is 9.15 Å². The highest BCUT2D eigenvalue weighted by atomic mass is 16.5. The van der Waals surface area contributed by atoms with Crippen LogP contribution in [-0.2, 0) is 17.9 Å². The summed E-state index contributed by atoms with van der Waals surface area (Å²) in [5, 5.41) is 2.76. The number of benzene rings is 2. The van der Waals surface area contributed by atoms with Crippen LogP contribution in [-0.4, -0.2) is 5.91 Å². The topological polar surface area (TPSA) is 51.5 Å². The molecule has 0 aliphatic carbocycles. The first-order valence-electron chi connectivity index (χ1n) is 8.05. The zero-order valence-electron chi connectivity index (χ0n) is 13.7. The summed E-state index contributed by atoms with van der Waals surface area (Å²) in [5.41, 5.74) is 2.06. The van der Waals surface area contributed by atoms with Gasteiger partial charge < -0.3 is 14.5 Å². The standard InChI is InChI=1S/C21H19NO3/c23-21(22-15-20-7-4-14-24-20)13-10-17-8-11-19(12-9-17)25-16-18-5-2-1-3-6-18/h1-14H,15-16H2,(H,22,23)/b13-10+. The van der Waals surface area contributed by atoms with E-state index in [0.717, 1.165) is 22.6 Å². The molecule has 0 radical (unpaired) electrons. The smallest absolute Gasteiger partial charge is 0.244 e. The first-order valence-corrected chi connectivity index (χ1v) is 8.05. The fourth-order valence-corrected chi connectivity index (χ4v) is 2.23. The van der Waals surface area contributed by atoms with Crippen molar-refractivity contribution in [2.24, 2.45) is 0 Å². The fourth-order valence-electron chi connectivity index (χ4n) is 2.23. The van der Waals surface area contributed by atoms with Crippen molar-refractivity contribution in [2.75, 3.05) is 0 Å². The number of furan rings is 1. The molecule has 4 heteroatoms. The summed E-state index contributed by atoms with van der Waals surface area (Å²) in [6.45, 7) is 0.910. The Balaban J connectivity index is 1.47. The number of hydrogen-bond acceptors (Lipinski definition) is 3. The predicted octanol–water partition coefficient (Wildman–Crippen LogP) is 4.19. The maximum Gasteiger partial charge on any atom is 0.244 e. The minimum absolute atomic E-state index is 0.166. The lowest BCUT2D eigenvalue weighted by Gasteiger charge is -2.06. The average molecular weight is 333 g/mol. The van der Waals surface area contributed by atoms with Crippen molar-refractivity contribution in [3.8, 4) is 5.75 Å². The Labute approximate surface area is 146 Å². The number of amides is 1. The van der Waals surface area contributed by atoms with Crippen LogP contribution in [0.25, 0.3) is 6.08 Å². The lowest BCUT2D eigenvalue weighted by atomic mass is 10.2. The molecular weight excluding hydrogens is 314 g/mol. The first kappa shape index (κ1) is 16.6. The van der Waals surface area contributed by atoms with Crippen LogP contribution in [0.5, 0.6) is 5.75 Å². The molecule has 2 aromatic carbocycles. The van der Waals surface area contributed by atoms with E-state index >= 15 is 0 Å². The minimum Gasteiger partial charge on any atom is -0.489 e. The van der Waals surface area contributed by atoms with Crippen molar-refractivity contribution < 1.29 is 13.9 Å². The van der Waals surface area contributed by atoms with Crippen molar-refractivity contribution in [3.63, 3.8) is 0 Å². The van der Waals surface area contributed by atoms with E-state index in [9.17, 15) is 4.79 Å². The number of carbonyl (C=O) groups is 1. The molecule has 0 unspecified atom stereocenters. The second kappa shape index (κ2) is 8.55. The van der Waals surface area contributed by atoms with E-state index in [1.165, 1.54) is 6.08 Å². The van der Waals surface area contributed by atoms with Crippen molar-refractivity contribution in [1.29, 1.82) is 0 Å². The van der Waals surface area contributed by atoms with Crippen molar-refractivity contribution >= 4 is 12.0 Å². The molecule has 0 aliphatic heterocycles. The van der Waals surface area contributed by atoms with Gasteiger partial charge in [-0.3, -0.25) is 4.79 Å². The number of ether oxygens (including phenoxy) is 1. The van der Waals surface area contributed by atoms with E-state index in [2.05, 4.69) is 5.32 Å². The van der Waals surface area contributed by atoms with Crippen LogP contribution < -0.4 is 10.1 Å². The number of hydrogen-bond donors (Lipinski definition) is 1. The predicted molar refractivity (Wildman–Crippen MR) is 96.8 cm³/mol. The molecule has 25 heavy (non-hydrogen) atoms. The van der Waals surface area contributed by atoms with Crippen LogP contribution in [0.1, 0.15) is 16.9 Å². The number of rotatable bonds is 7. The highest BCUT2D eigenvalue weighted by Crippen LogP contribution is 2.15. The van der Waals surface area contributed by atoms with E-state index in [0.29, 0.717) is 13.2 Å². The van der Waals surface area contributed by atoms with Crippen molar-refractivity contribution in [3.05, 3.63) is 96.0 Å². The SMILES string of the molecule is O=C(/C=C/c1ccc(OCc2ccccc2)cc1)NCc1ccco1. The fraction of sp³-hybridized carbons (Fsp3) is 0.0952. The molecule has 0 bridgehead atoms. The molecule has 1 heterocycles. The Morgan fingerprint density at radius 3 is 2.52 bits per heavy atom. The normalized spacial score (nSPS) is 10.7. The summed E-state index contributed by atoms with van der Waals surface area (Å²) >= 11 is 0. The van der Waals surface area contributed by atoms with Gasteiger partial charge in [0.2, 0.25) is 5.91 Å². The van der Waals surface area contributed by atoms with Gasteiger partial charge in [-0.25, -0.2) is 0 Å². The monoisotopic (exact) mass is 333 g/mol. The van der Waals surface area contributed by atoms with Crippen LogP contribution in [0.15, 0.2) is 83.5 Å². The summed E-state index contributed by atoms with van der Waals surface area (Å²) in [4.78, 5) is 11.8. The van der Waals surface area contributed by atoms with E-state index in [1.54, 1.807) is 18.4 Å². The molecule has 0 atom stereocenters. The third-order valence-electron chi connectivity index (χ3n) is 3.57. The third kappa shape index (κ3) is 5.39. The Bertz CT molecular complexity index is 806. The summed E-state index contributed by atoms with van der Waals surface area (Å²) in [7, 11) is 0. The van der Waals surface area contributed by atoms with Gasteiger partial charge in [0.1, 0.15) is 18.1 Å². The van der Waals surface area contributed by atoms with Crippen LogP contribution in [0, 0.1) is 0 Å². The highest BCUT2D eigenvalue weighted by Gasteiger charge is 1.99. The van der Waals surface area contributed by atoms with Crippen LogP contribution in [0.4, 0.5) is 0 Å². The van der Waals surface area contributed by atoms with E-state index < -0.39 is 0 Å². The molecule has 1 N–H and O–H groups in total. The molecule has 1 amide bonds. The molecule has 0 aliphatic rings. The van der Waals surface area contributed by atoms with Gasteiger partial charge in [-0.2, -0.15) is 0 Å². The van der Waals surface area contributed by atoms with Gasteiger partial charge in [0, 0.05) is 6.08 Å². The van der Waals surface area contributed by atoms with E-state index in [1.807, 2.05) is 60.7 Å². The molecule has 0 spiro atoms. The quantitative estimate of drug-likeness (QED) is 0.660. The molecular formula is C21H19NO3. The molecule has 3 rings (SSSR count). The van der Waals surface area contributed by atoms with Gasteiger partial charge in [0.25, 0.3) is 0 Å². The average Bonchev–Trinajstić information content (AvgIpc) is 3.18. The second-order valence-corrected chi connectivity index (χ2v) is 5.47. The zero-order valence-corrected chi connectivity index (χ0v) is 13.7. The third-order valence-corrected chi connectivity index (χ3v) is 3.57. The number of nitrogens with one attached hydrogen (secondary N) is 1. The second-order valence-electron chi connectivity index (χ2n) is 5.47. The van der Waals surface area contributed by atoms with Crippen molar-refractivity contribution in [1.82, 2.24) is 5.32 Å². The summed E-state index contributed by atoms with van der Waals surface area (Å²) < 4.78 is 10.9. The van der Waals surface area contributed by atoms with Crippen LogP contribution >= 0.6 is 0 Å². The first-order chi connectivity index (χ1) is 12.3. The Kier molecular flexibility index (Phi) is 5.67. The zero-order chi connectivity index (χ0) is 17.3. The largest absolute Gasteiger partial charge is 0.489 e. The maximum absolute atomic E-state index is 11.8. The Morgan fingerprint density at radius 2 is 1.80 bits per heavy atom.